The van der Waals surface area contributed by atoms with Gasteiger partial charge in [0, 0.05) is 10.6 Å². The Labute approximate surface area is 97.8 Å². The number of furan rings is 1. The van der Waals surface area contributed by atoms with Crippen LogP contribution in [0.3, 0.4) is 0 Å². The van der Waals surface area contributed by atoms with Gasteiger partial charge < -0.3 is 10.2 Å². The number of hydrogen-bond acceptors (Lipinski definition) is 2. The summed E-state index contributed by atoms with van der Waals surface area (Å²) in [6.45, 7) is 1.71. The summed E-state index contributed by atoms with van der Waals surface area (Å²) in [6.07, 6.45) is 0. The van der Waals surface area contributed by atoms with Crippen LogP contribution < -0.4 is 5.73 Å². The third-order valence-electron chi connectivity index (χ3n) is 2.31. The van der Waals surface area contributed by atoms with Gasteiger partial charge in [-0.2, -0.15) is 0 Å². The Morgan fingerprint density at radius 2 is 1.94 bits per heavy atom. The molecule has 0 spiro atoms. The van der Waals surface area contributed by atoms with E-state index in [0.29, 0.717) is 22.1 Å². The van der Waals surface area contributed by atoms with Crippen LogP contribution in [0.1, 0.15) is 16.1 Å². The van der Waals surface area contributed by atoms with Crippen molar-refractivity contribution in [3.05, 3.63) is 46.7 Å². The first-order chi connectivity index (χ1) is 7.58. The molecule has 0 aliphatic heterocycles. The lowest BCUT2D eigenvalue weighted by atomic mass is 10.1. The number of carbonyl (C=O) groups excluding carboxylic acids is 1. The molecular weight excluding hydrogens is 226 g/mol. The van der Waals surface area contributed by atoms with Crippen LogP contribution in [0.2, 0.25) is 5.02 Å². The summed E-state index contributed by atoms with van der Waals surface area (Å²) in [5.41, 5.74) is 6.48. The molecule has 0 atom stereocenters. The zero-order valence-electron chi connectivity index (χ0n) is 8.66. The minimum Gasteiger partial charge on any atom is -0.461 e. The monoisotopic (exact) mass is 235 g/mol. The van der Waals surface area contributed by atoms with Gasteiger partial charge in [0.25, 0.3) is 5.91 Å². The Morgan fingerprint density at radius 3 is 2.44 bits per heavy atom. The van der Waals surface area contributed by atoms with E-state index in [2.05, 4.69) is 0 Å². The number of hydrogen-bond donors (Lipinski definition) is 1. The minimum absolute atomic E-state index is 0.407. The number of nitrogens with two attached hydrogens (primary N) is 1. The highest BCUT2D eigenvalue weighted by atomic mass is 35.5. The number of halogens is 1. The Morgan fingerprint density at radius 1 is 1.31 bits per heavy atom. The smallest absolute Gasteiger partial charge is 0.252 e. The lowest BCUT2D eigenvalue weighted by Crippen LogP contribution is -2.10. The van der Waals surface area contributed by atoms with Gasteiger partial charge in [0.1, 0.15) is 11.5 Å². The average Bonchev–Trinajstić information content (AvgIpc) is 2.61. The molecular formula is C12H10ClNO2. The van der Waals surface area contributed by atoms with E-state index in [9.17, 15) is 4.79 Å². The molecule has 1 heterocycles. The maximum absolute atomic E-state index is 11.1. The predicted molar refractivity (Wildman–Crippen MR) is 62.4 cm³/mol. The van der Waals surface area contributed by atoms with E-state index in [0.717, 1.165) is 5.56 Å². The predicted octanol–water partition coefficient (Wildman–Crippen LogP) is 3.01. The van der Waals surface area contributed by atoms with Gasteiger partial charge in [-0.3, -0.25) is 4.79 Å². The summed E-state index contributed by atoms with van der Waals surface area (Å²) in [4.78, 5) is 11.1. The molecule has 0 radical (unpaired) electrons. The van der Waals surface area contributed by atoms with Gasteiger partial charge >= 0.3 is 0 Å². The van der Waals surface area contributed by atoms with Crippen molar-refractivity contribution in [2.45, 2.75) is 6.92 Å². The topological polar surface area (TPSA) is 56.2 Å². The fraction of sp³-hybridized carbons (Fsp3) is 0.0833. The van der Waals surface area contributed by atoms with Crippen LogP contribution in [0.5, 0.6) is 0 Å². The van der Waals surface area contributed by atoms with E-state index < -0.39 is 5.91 Å². The molecule has 0 aliphatic rings. The maximum atomic E-state index is 11.1. The third kappa shape index (κ3) is 1.95. The second kappa shape index (κ2) is 4.02. The van der Waals surface area contributed by atoms with Crippen LogP contribution in [-0.2, 0) is 0 Å². The summed E-state index contributed by atoms with van der Waals surface area (Å²) in [5, 5.41) is 0.655. The summed E-state index contributed by atoms with van der Waals surface area (Å²) in [5.74, 6) is 0.655. The van der Waals surface area contributed by atoms with Gasteiger partial charge in [-0.15, -0.1) is 0 Å². The van der Waals surface area contributed by atoms with Crippen LogP contribution >= 0.6 is 11.6 Å². The highest BCUT2D eigenvalue weighted by Crippen LogP contribution is 2.26. The number of rotatable bonds is 2. The molecule has 16 heavy (non-hydrogen) atoms. The SMILES string of the molecule is Cc1oc(-c2ccc(Cl)cc2)cc1C(N)=O. The van der Waals surface area contributed by atoms with Crippen molar-refractivity contribution in [3.8, 4) is 11.3 Å². The van der Waals surface area contributed by atoms with Crippen molar-refractivity contribution < 1.29 is 9.21 Å². The molecule has 2 aromatic rings. The second-order valence-corrected chi connectivity index (χ2v) is 3.89. The van der Waals surface area contributed by atoms with Crippen LogP contribution in [-0.4, -0.2) is 5.91 Å². The van der Waals surface area contributed by atoms with Gasteiger partial charge in [0.15, 0.2) is 0 Å². The summed E-state index contributed by atoms with van der Waals surface area (Å²) in [7, 11) is 0. The fourth-order valence-corrected chi connectivity index (χ4v) is 1.61. The highest BCUT2D eigenvalue weighted by Gasteiger charge is 2.12. The molecule has 2 N–H and O–H groups in total. The van der Waals surface area contributed by atoms with Gasteiger partial charge in [0.2, 0.25) is 0 Å². The Balaban J connectivity index is 2.45. The van der Waals surface area contributed by atoms with Crippen LogP contribution in [0.4, 0.5) is 0 Å². The molecule has 0 fully saturated rings. The van der Waals surface area contributed by atoms with Crippen molar-refractivity contribution in [2.75, 3.05) is 0 Å². The van der Waals surface area contributed by atoms with Crippen molar-refractivity contribution >= 4 is 17.5 Å². The van der Waals surface area contributed by atoms with E-state index >= 15 is 0 Å². The zero-order chi connectivity index (χ0) is 11.7. The third-order valence-corrected chi connectivity index (χ3v) is 2.56. The van der Waals surface area contributed by atoms with Crippen molar-refractivity contribution in [3.63, 3.8) is 0 Å². The van der Waals surface area contributed by atoms with Crippen molar-refractivity contribution in [2.24, 2.45) is 5.73 Å². The van der Waals surface area contributed by atoms with Crippen molar-refractivity contribution in [1.82, 2.24) is 0 Å². The largest absolute Gasteiger partial charge is 0.461 e. The van der Waals surface area contributed by atoms with E-state index in [-0.39, 0.29) is 0 Å². The zero-order valence-corrected chi connectivity index (χ0v) is 9.41. The Hall–Kier alpha value is -1.74. The Bertz CT molecular complexity index is 528. The standard InChI is InChI=1S/C12H10ClNO2/c1-7-10(12(14)15)6-11(16-7)8-2-4-9(13)5-3-8/h2-6H,1H3,(H2,14,15). The summed E-state index contributed by atoms with van der Waals surface area (Å²) >= 11 is 5.78. The molecule has 3 nitrogen and oxygen atoms in total. The number of primary amides is 1. The van der Waals surface area contributed by atoms with Gasteiger partial charge in [-0.1, -0.05) is 11.6 Å². The molecule has 0 bridgehead atoms. The molecule has 1 amide bonds. The molecule has 0 saturated heterocycles. The normalized spacial score (nSPS) is 10.4. The number of benzene rings is 1. The minimum atomic E-state index is -0.485. The summed E-state index contributed by atoms with van der Waals surface area (Å²) < 4.78 is 5.46. The number of carbonyl (C=O) groups is 1. The molecule has 0 saturated carbocycles. The van der Waals surface area contributed by atoms with E-state index in [1.807, 2.05) is 12.1 Å². The van der Waals surface area contributed by atoms with Crippen LogP contribution in [0, 0.1) is 6.92 Å². The lowest BCUT2D eigenvalue weighted by molar-refractivity contribution is 0.0999. The molecule has 0 unspecified atom stereocenters. The van der Waals surface area contributed by atoms with Gasteiger partial charge in [-0.05, 0) is 37.3 Å². The molecule has 82 valence electrons. The Kier molecular flexibility index (Phi) is 2.71. The van der Waals surface area contributed by atoms with E-state index in [4.69, 9.17) is 21.8 Å². The molecule has 1 aromatic heterocycles. The average molecular weight is 236 g/mol. The first-order valence-corrected chi connectivity index (χ1v) is 5.12. The first-order valence-electron chi connectivity index (χ1n) is 4.74. The number of amides is 1. The second-order valence-electron chi connectivity index (χ2n) is 3.45. The van der Waals surface area contributed by atoms with Crippen LogP contribution in [0.25, 0.3) is 11.3 Å². The number of aryl methyl sites for hydroxylation is 1. The molecule has 2 rings (SSSR count). The lowest BCUT2D eigenvalue weighted by Gasteiger charge is -1.95. The van der Waals surface area contributed by atoms with E-state index in [1.54, 1.807) is 25.1 Å². The highest BCUT2D eigenvalue weighted by molar-refractivity contribution is 6.30. The first kappa shape index (κ1) is 10.8. The summed E-state index contributed by atoms with van der Waals surface area (Å²) in [6, 6.07) is 8.81. The molecule has 1 aromatic carbocycles. The fourth-order valence-electron chi connectivity index (χ4n) is 1.48. The molecule has 0 aliphatic carbocycles. The maximum Gasteiger partial charge on any atom is 0.252 e. The van der Waals surface area contributed by atoms with E-state index in [1.165, 1.54) is 0 Å². The van der Waals surface area contributed by atoms with Gasteiger partial charge in [-0.25, -0.2) is 0 Å². The van der Waals surface area contributed by atoms with Crippen LogP contribution in [0.15, 0.2) is 34.7 Å². The quantitative estimate of drug-likeness (QED) is 0.870. The van der Waals surface area contributed by atoms with Gasteiger partial charge in [0.05, 0.1) is 5.56 Å². The van der Waals surface area contributed by atoms with Crippen molar-refractivity contribution in [1.29, 1.82) is 0 Å². The molecule has 4 heteroatoms.